The molecule has 0 bridgehead atoms. The van der Waals surface area contributed by atoms with Crippen LogP contribution in [0.5, 0.6) is 17.4 Å². The Labute approximate surface area is 251 Å². The minimum atomic E-state index is -0.175. The van der Waals surface area contributed by atoms with Gasteiger partial charge in [0.05, 0.1) is 11.4 Å². The average Bonchev–Trinajstić information content (AvgIpc) is 3.36. The van der Waals surface area contributed by atoms with Crippen LogP contribution in [-0.4, -0.2) is 22.1 Å². The van der Waals surface area contributed by atoms with Crippen LogP contribution in [0.3, 0.4) is 0 Å². The zero-order valence-electron chi connectivity index (χ0n) is 23.9. The number of pyridine rings is 2. The molecule has 0 spiro atoms. The van der Waals surface area contributed by atoms with Crippen LogP contribution in [0.15, 0.2) is 134 Å². The van der Waals surface area contributed by atoms with Gasteiger partial charge < -0.3 is 19.5 Å². The molecule has 1 aliphatic heterocycles. The molecule has 208 valence electrons. The van der Waals surface area contributed by atoms with Gasteiger partial charge in [-0.1, -0.05) is 71.8 Å². The van der Waals surface area contributed by atoms with Gasteiger partial charge in [-0.2, -0.15) is 0 Å². The van der Waals surface area contributed by atoms with Crippen molar-refractivity contribution in [3.8, 4) is 28.6 Å². The quantitative estimate of drug-likeness (QED) is 0.209. The van der Waals surface area contributed by atoms with Crippen molar-refractivity contribution >= 4 is 35.3 Å². The van der Waals surface area contributed by atoms with Crippen LogP contribution in [0.1, 0.15) is 11.1 Å². The first kappa shape index (κ1) is 26.4. The molecule has 0 aliphatic carbocycles. The normalized spacial score (nSPS) is 12.4. The van der Waals surface area contributed by atoms with Crippen molar-refractivity contribution in [1.29, 1.82) is 0 Å². The van der Waals surface area contributed by atoms with E-state index in [1.165, 1.54) is 16.6 Å². The van der Waals surface area contributed by atoms with Crippen LogP contribution in [-0.2, 0) is 0 Å². The largest absolute Gasteiger partial charge is 0.507 e. The fourth-order valence-electron chi connectivity index (χ4n) is 5.88. The molecule has 2 aromatic heterocycles. The van der Waals surface area contributed by atoms with Gasteiger partial charge in [0.15, 0.2) is 0 Å². The first-order chi connectivity index (χ1) is 21.1. The van der Waals surface area contributed by atoms with Gasteiger partial charge in [0.2, 0.25) is 5.88 Å². The number of phenols is 1. The van der Waals surface area contributed by atoms with E-state index in [1.807, 2.05) is 66.9 Å². The van der Waals surface area contributed by atoms with Crippen molar-refractivity contribution in [3.63, 3.8) is 0 Å². The van der Waals surface area contributed by atoms with Gasteiger partial charge >= 0.3 is 6.98 Å². The molecule has 0 unspecified atom stereocenters. The molecule has 0 saturated heterocycles. The molecule has 0 fully saturated rings. The maximum Gasteiger partial charge on any atom is 0.422 e. The molecule has 6 aromatic rings. The van der Waals surface area contributed by atoms with Gasteiger partial charge in [-0.15, -0.1) is 0 Å². The third kappa shape index (κ3) is 4.85. The summed E-state index contributed by atoms with van der Waals surface area (Å²) in [5.41, 5.74) is 8.00. The predicted octanol–water partition coefficient (Wildman–Crippen LogP) is 7.94. The van der Waals surface area contributed by atoms with Crippen molar-refractivity contribution in [1.82, 2.24) is 9.97 Å². The van der Waals surface area contributed by atoms with Gasteiger partial charge in [0, 0.05) is 35.3 Å². The SMILES string of the molecule is Cc1cccc(C)c1B1N(c2ccccc2)c2cccnc2N1c1cccc(Oc2cccc(-c3ccccc3O)n2)c1. The Hall–Kier alpha value is -5.56. The van der Waals surface area contributed by atoms with E-state index in [9.17, 15) is 5.11 Å². The van der Waals surface area contributed by atoms with Crippen LogP contribution in [0, 0.1) is 13.8 Å². The summed E-state index contributed by atoms with van der Waals surface area (Å²) < 4.78 is 6.32. The Morgan fingerprint density at radius 1 is 0.674 bits per heavy atom. The predicted molar refractivity (Wildman–Crippen MR) is 174 cm³/mol. The number of rotatable bonds is 6. The Bertz CT molecular complexity index is 1910. The molecule has 7 rings (SSSR count). The van der Waals surface area contributed by atoms with E-state index in [0.29, 0.717) is 22.9 Å². The second-order valence-corrected chi connectivity index (χ2v) is 10.6. The molecule has 7 heteroatoms. The average molecular weight is 560 g/mol. The maximum atomic E-state index is 10.3. The minimum absolute atomic E-state index is 0.175. The second-order valence-electron chi connectivity index (χ2n) is 10.6. The summed E-state index contributed by atoms with van der Waals surface area (Å²) in [5, 5.41) is 10.3. The zero-order valence-corrected chi connectivity index (χ0v) is 23.9. The summed E-state index contributed by atoms with van der Waals surface area (Å²) in [6.07, 6.45) is 1.84. The van der Waals surface area contributed by atoms with Crippen molar-refractivity contribution in [2.24, 2.45) is 0 Å². The topological polar surface area (TPSA) is 61.7 Å². The number of nitrogens with zero attached hydrogens (tertiary/aromatic N) is 4. The fourth-order valence-corrected chi connectivity index (χ4v) is 5.88. The number of aromatic nitrogens is 2. The van der Waals surface area contributed by atoms with Gasteiger partial charge in [-0.05, 0) is 73.9 Å². The Morgan fingerprint density at radius 2 is 1.40 bits per heavy atom. The molecular weight excluding hydrogens is 531 g/mol. The standard InChI is InChI=1S/C36H29BN4O2/c1-25-12-8-13-26(2)35(25)37-40(27-14-4-3-5-15-27)32-20-11-23-38-36(32)41(37)28-16-9-17-29(24-28)43-34-22-10-19-31(39-34)30-18-6-7-21-33(30)42/h3-24,42H,1-2H3. The van der Waals surface area contributed by atoms with Gasteiger partial charge in [0.1, 0.15) is 17.3 Å². The third-order valence-corrected chi connectivity index (χ3v) is 7.80. The number of anilines is 4. The Kier molecular flexibility index (Phi) is 6.76. The van der Waals surface area contributed by atoms with E-state index >= 15 is 0 Å². The first-order valence-corrected chi connectivity index (χ1v) is 14.3. The van der Waals surface area contributed by atoms with E-state index in [2.05, 4.69) is 83.1 Å². The number of hydrogen-bond acceptors (Lipinski definition) is 6. The van der Waals surface area contributed by atoms with Crippen LogP contribution in [0.25, 0.3) is 11.3 Å². The summed E-state index contributed by atoms with van der Waals surface area (Å²) >= 11 is 0. The molecule has 4 aromatic carbocycles. The van der Waals surface area contributed by atoms with Crippen LogP contribution < -0.4 is 19.8 Å². The highest BCUT2D eigenvalue weighted by atomic mass is 16.5. The lowest BCUT2D eigenvalue weighted by molar-refractivity contribution is 0.463. The molecule has 1 aliphatic rings. The number of para-hydroxylation sites is 2. The number of phenolic OH excluding ortho intramolecular Hbond substituents is 1. The smallest absolute Gasteiger partial charge is 0.422 e. The van der Waals surface area contributed by atoms with Gasteiger partial charge in [-0.3, -0.25) is 0 Å². The van der Waals surface area contributed by atoms with Crippen molar-refractivity contribution in [2.45, 2.75) is 13.8 Å². The molecule has 0 saturated carbocycles. The molecule has 0 amide bonds. The second kappa shape index (κ2) is 11.0. The van der Waals surface area contributed by atoms with Crippen molar-refractivity contribution < 1.29 is 9.84 Å². The van der Waals surface area contributed by atoms with Crippen LogP contribution >= 0.6 is 0 Å². The molecule has 1 N–H and O–H groups in total. The lowest BCUT2D eigenvalue weighted by atomic mass is 9.61. The number of fused-ring (bicyclic) bond motifs is 1. The fraction of sp³-hybridized carbons (Fsp3) is 0.0556. The van der Waals surface area contributed by atoms with Crippen molar-refractivity contribution in [3.05, 3.63) is 145 Å². The van der Waals surface area contributed by atoms with E-state index in [1.54, 1.807) is 12.1 Å². The minimum Gasteiger partial charge on any atom is -0.507 e. The molecule has 0 radical (unpaired) electrons. The summed E-state index contributed by atoms with van der Waals surface area (Å²) in [6, 6.07) is 41.8. The number of aromatic hydroxyl groups is 1. The lowest BCUT2D eigenvalue weighted by Gasteiger charge is -2.31. The van der Waals surface area contributed by atoms with Gasteiger partial charge in [-0.25, -0.2) is 9.97 Å². The molecule has 3 heterocycles. The van der Waals surface area contributed by atoms with E-state index < -0.39 is 0 Å². The Balaban J connectivity index is 1.33. The van der Waals surface area contributed by atoms with Crippen LogP contribution in [0.2, 0.25) is 0 Å². The van der Waals surface area contributed by atoms with E-state index in [-0.39, 0.29) is 12.7 Å². The molecule has 0 atom stereocenters. The lowest BCUT2D eigenvalue weighted by Crippen LogP contribution is -2.55. The first-order valence-electron chi connectivity index (χ1n) is 14.3. The highest BCUT2D eigenvalue weighted by molar-refractivity contribution is 6.85. The number of ether oxygens (including phenoxy) is 1. The van der Waals surface area contributed by atoms with E-state index in [4.69, 9.17) is 9.72 Å². The van der Waals surface area contributed by atoms with Crippen molar-refractivity contribution in [2.75, 3.05) is 9.62 Å². The zero-order chi connectivity index (χ0) is 29.3. The molecule has 43 heavy (non-hydrogen) atoms. The number of hydrogen-bond donors (Lipinski definition) is 1. The number of benzene rings is 4. The molecule has 6 nitrogen and oxygen atoms in total. The Morgan fingerprint density at radius 3 is 2.21 bits per heavy atom. The number of aryl methyl sites for hydroxylation is 2. The highest BCUT2D eigenvalue weighted by Gasteiger charge is 2.45. The van der Waals surface area contributed by atoms with Gasteiger partial charge in [0.25, 0.3) is 0 Å². The summed E-state index contributed by atoms with van der Waals surface area (Å²) in [6.45, 7) is 4.16. The van der Waals surface area contributed by atoms with E-state index in [0.717, 1.165) is 22.9 Å². The highest BCUT2D eigenvalue weighted by Crippen LogP contribution is 2.45. The molecular formula is C36H29BN4O2. The monoisotopic (exact) mass is 560 g/mol. The summed E-state index contributed by atoms with van der Waals surface area (Å²) in [5.74, 6) is 2.14. The summed E-state index contributed by atoms with van der Waals surface area (Å²) in [4.78, 5) is 14.2. The summed E-state index contributed by atoms with van der Waals surface area (Å²) in [7, 11) is 0. The maximum absolute atomic E-state index is 10.3. The van der Waals surface area contributed by atoms with Crippen LogP contribution in [0.4, 0.5) is 22.9 Å². The third-order valence-electron chi connectivity index (χ3n) is 7.80.